The molecule has 0 saturated carbocycles. The van der Waals surface area contributed by atoms with Crippen LogP contribution in [-0.4, -0.2) is 38.8 Å². The van der Waals surface area contributed by atoms with Crippen molar-refractivity contribution >= 4 is 49.1 Å². The predicted octanol–water partition coefficient (Wildman–Crippen LogP) is 4.15. The lowest BCUT2D eigenvalue weighted by atomic mass is 10.2. The lowest BCUT2D eigenvalue weighted by molar-refractivity contribution is 0.102. The molecule has 3 rings (SSSR count). The number of anilines is 1. The average Bonchev–Trinajstić information content (AvgIpc) is 3.19. The molecule has 144 valence electrons. The number of amides is 1. The van der Waals surface area contributed by atoms with Crippen molar-refractivity contribution in [1.82, 2.24) is 4.31 Å². The van der Waals surface area contributed by atoms with Gasteiger partial charge in [-0.05, 0) is 65.2 Å². The molecule has 27 heavy (non-hydrogen) atoms. The second-order valence-electron chi connectivity index (χ2n) is 6.06. The molecule has 6 nitrogen and oxygen atoms in total. The molecule has 0 aromatic heterocycles. The number of carbonyl (C=O) groups excluding carboxylic acids is 1. The van der Waals surface area contributed by atoms with Crippen molar-refractivity contribution in [2.75, 3.05) is 25.5 Å². The van der Waals surface area contributed by atoms with Crippen LogP contribution in [0.2, 0.25) is 5.02 Å². The second-order valence-corrected chi connectivity index (χ2v) is 9.22. The molecule has 1 aliphatic rings. The topological polar surface area (TPSA) is 75.7 Å². The van der Waals surface area contributed by atoms with Crippen LogP contribution in [0.15, 0.2) is 45.8 Å². The highest BCUT2D eigenvalue weighted by Gasteiger charge is 2.29. The first-order valence-corrected chi connectivity index (χ1v) is 10.9. The van der Waals surface area contributed by atoms with Crippen LogP contribution in [0, 0.1) is 0 Å². The molecule has 0 aliphatic carbocycles. The largest absolute Gasteiger partial charge is 0.497 e. The highest BCUT2D eigenvalue weighted by molar-refractivity contribution is 9.10. The minimum absolute atomic E-state index is 0.00595. The molecule has 1 fully saturated rings. The van der Waals surface area contributed by atoms with Crippen molar-refractivity contribution in [1.29, 1.82) is 0 Å². The predicted molar refractivity (Wildman–Crippen MR) is 108 cm³/mol. The van der Waals surface area contributed by atoms with Gasteiger partial charge in [0, 0.05) is 23.2 Å². The van der Waals surface area contributed by atoms with Crippen LogP contribution >= 0.6 is 27.5 Å². The van der Waals surface area contributed by atoms with E-state index in [4.69, 9.17) is 16.3 Å². The van der Waals surface area contributed by atoms with Gasteiger partial charge in [-0.1, -0.05) is 11.6 Å². The van der Waals surface area contributed by atoms with Crippen LogP contribution in [0.1, 0.15) is 23.2 Å². The van der Waals surface area contributed by atoms with Gasteiger partial charge in [0.1, 0.15) is 10.6 Å². The maximum atomic E-state index is 12.8. The average molecular weight is 474 g/mol. The first-order chi connectivity index (χ1) is 12.8. The van der Waals surface area contributed by atoms with E-state index in [2.05, 4.69) is 21.2 Å². The Labute approximate surface area is 171 Å². The summed E-state index contributed by atoms with van der Waals surface area (Å²) in [5.74, 6) is 0.143. The summed E-state index contributed by atoms with van der Waals surface area (Å²) in [6.07, 6.45) is 1.66. The van der Waals surface area contributed by atoms with Crippen LogP contribution in [0.5, 0.6) is 5.75 Å². The third kappa shape index (κ3) is 4.29. The molecule has 0 atom stereocenters. The summed E-state index contributed by atoms with van der Waals surface area (Å²) in [6, 6.07) is 9.46. The quantitative estimate of drug-likeness (QED) is 0.708. The molecule has 1 N–H and O–H groups in total. The minimum atomic E-state index is -3.69. The van der Waals surface area contributed by atoms with E-state index in [1.54, 1.807) is 24.3 Å². The Kier molecular flexibility index (Phi) is 6.10. The fourth-order valence-corrected chi connectivity index (χ4v) is 5.29. The van der Waals surface area contributed by atoms with Crippen molar-refractivity contribution in [3.8, 4) is 5.75 Å². The molecule has 1 heterocycles. The SMILES string of the molecule is COc1ccc(Br)c(C(=O)Nc2ccc(Cl)c(S(=O)(=O)N3CCCC3)c2)c1. The standard InChI is InChI=1S/C18H18BrClN2O4S/c1-26-13-5-6-15(19)14(11-13)18(23)21-12-4-7-16(20)17(10-12)27(24,25)22-8-2-3-9-22/h4-7,10-11H,2-3,8-9H2,1H3,(H,21,23). The molecule has 2 aromatic carbocycles. The van der Waals surface area contributed by atoms with Crippen LogP contribution < -0.4 is 10.1 Å². The van der Waals surface area contributed by atoms with Crippen LogP contribution in [0.4, 0.5) is 5.69 Å². The number of methoxy groups -OCH3 is 1. The second kappa shape index (κ2) is 8.18. The number of hydrogen-bond acceptors (Lipinski definition) is 4. The molecular weight excluding hydrogens is 456 g/mol. The molecule has 0 bridgehead atoms. The van der Waals surface area contributed by atoms with Gasteiger partial charge in [0.15, 0.2) is 0 Å². The zero-order valence-corrected chi connectivity index (χ0v) is 17.7. The number of sulfonamides is 1. The van der Waals surface area contributed by atoms with Gasteiger partial charge in [0.05, 0.1) is 17.7 Å². The third-order valence-corrected chi connectivity index (χ3v) is 7.36. The maximum absolute atomic E-state index is 12.8. The highest BCUT2D eigenvalue weighted by Crippen LogP contribution is 2.30. The Hall–Kier alpha value is -1.61. The molecular formula is C18H18BrClN2O4S. The Bertz CT molecular complexity index is 975. The molecule has 2 aromatic rings. The molecule has 9 heteroatoms. The Morgan fingerprint density at radius 1 is 1.19 bits per heavy atom. The highest BCUT2D eigenvalue weighted by atomic mass is 79.9. The summed E-state index contributed by atoms with van der Waals surface area (Å²) in [4.78, 5) is 12.6. The van der Waals surface area contributed by atoms with Crippen molar-refractivity contribution in [3.05, 3.63) is 51.5 Å². The lowest BCUT2D eigenvalue weighted by Gasteiger charge is -2.17. The van der Waals surface area contributed by atoms with Gasteiger partial charge in [-0.3, -0.25) is 4.79 Å². The van der Waals surface area contributed by atoms with Gasteiger partial charge >= 0.3 is 0 Å². The third-order valence-electron chi connectivity index (χ3n) is 4.29. The first-order valence-electron chi connectivity index (χ1n) is 8.27. The number of nitrogens with one attached hydrogen (secondary N) is 1. The number of halogens is 2. The smallest absolute Gasteiger partial charge is 0.256 e. The molecule has 1 aliphatic heterocycles. The minimum Gasteiger partial charge on any atom is -0.497 e. The van der Waals surface area contributed by atoms with Crippen molar-refractivity contribution in [2.24, 2.45) is 0 Å². The van der Waals surface area contributed by atoms with Crippen molar-refractivity contribution < 1.29 is 17.9 Å². The fourth-order valence-electron chi connectivity index (χ4n) is 2.85. The van der Waals surface area contributed by atoms with Crippen molar-refractivity contribution in [2.45, 2.75) is 17.7 Å². The molecule has 1 amide bonds. The number of carbonyl (C=O) groups is 1. The van der Waals surface area contributed by atoms with Gasteiger partial charge in [0.2, 0.25) is 10.0 Å². The molecule has 0 spiro atoms. The van der Waals surface area contributed by atoms with E-state index in [1.807, 2.05) is 0 Å². The van der Waals surface area contributed by atoms with E-state index in [1.165, 1.54) is 23.5 Å². The van der Waals surface area contributed by atoms with E-state index in [9.17, 15) is 13.2 Å². The van der Waals surface area contributed by atoms with Gasteiger partial charge in [-0.25, -0.2) is 8.42 Å². The summed E-state index contributed by atoms with van der Waals surface area (Å²) in [5.41, 5.74) is 0.713. The summed E-state index contributed by atoms with van der Waals surface area (Å²) in [6.45, 7) is 0.956. The van der Waals surface area contributed by atoms with Gasteiger partial charge in [-0.2, -0.15) is 4.31 Å². The number of benzene rings is 2. The number of rotatable bonds is 5. The van der Waals surface area contributed by atoms with E-state index in [0.29, 0.717) is 34.6 Å². The summed E-state index contributed by atoms with van der Waals surface area (Å²) < 4.78 is 32.8. The monoisotopic (exact) mass is 472 g/mol. The normalized spacial score (nSPS) is 14.9. The van der Waals surface area contributed by atoms with E-state index in [-0.39, 0.29) is 9.92 Å². The Morgan fingerprint density at radius 3 is 2.56 bits per heavy atom. The zero-order chi connectivity index (χ0) is 19.6. The van der Waals surface area contributed by atoms with Gasteiger partial charge < -0.3 is 10.1 Å². The summed E-state index contributed by atoms with van der Waals surface area (Å²) in [5, 5.41) is 2.84. The lowest BCUT2D eigenvalue weighted by Crippen LogP contribution is -2.28. The number of ether oxygens (including phenoxy) is 1. The molecule has 0 radical (unpaired) electrons. The number of nitrogens with zero attached hydrogens (tertiary/aromatic N) is 1. The molecule has 1 saturated heterocycles. The van der Waals surface area contributed by atoms with E-state index >= 15 is 0 Å². The van der Waals surface area contributed by atoms with Crippen molar-refractivity contribution in [3.63, 3.8) is 0 Å². The maximum Gasteiger partial charge on any atom is 0.256 e. The van der Waals surface area contributed by atoms with Crippen LogP contribution in [-0.2, 0) is 10.0 Å². The zero-order valence-electron chi connectivity index (χ0n) is 14.5. The summed E-state index contributed by atoms with van der Waals surface area (Å²) >= 11 is 9.47. The van der Waals surface area contributed by atoms with Crippen LogP contribution in [0.25, 0.3) is 0 Å². The molecule has 0 unspecified atom stereocenters. The number of hydrogen-bond donors (Lipinski definition) is 1. The Morgan fingerprint density at radius 2 is 1.89 bits per heavy atom. The van der Waals surface area contributed by atoms with Gasteiger partial charge in [0.25, 0.3) is 5.91 Å². The first kappa shape index (κ1) is 20.1. The van der Waals surface area contributed by atoms with E-state index in [0.717, 1.165) is 12.8 Å². The van der Waals surface area contributed by atoms with E-state index < -0.39 is 15.9 Å². The van der Waals surface area contributed by atoms with Crippen LogP contribution in [0.3, 0.4) is 0 Å². The fraction of sp³-hybridized carbons (Fsp3) is 0.278. The van der Waals surface area contributed by atoms with Gasteiger partial charge in [-0.15, -0.1) is 0 Å². The summed E-state index contributed by atoms with van der Waals surface area (Å²) in [7, 11) is -2.18. The Balaban J connectivity index is 1.89.